The molecule has 0 aliphatic carbocycles. The zero-order valence-corrected chi connectivity index (χ0v) is 17.2. The van der Waals surface area contributed by atoms with Gasteiger partial charge in [-0.1, -0.05) is 19.1 Å². The normalized spacial score (nSPS) is 26.3. The summed E-state index contributed by atoms with van der Waals surface area (Å²) in [4.78, 5) is 14.9. The van der Waals surface area contributed by atoms with Crippen LogP contribution in [0.2, 0.25) is 0 Å². The average molecular weight is 404 g/mol. The molecule has 3 atom stereocenters. The molecule has 1 amide bonds. The highest BCUT2D eigenvalue weighted by molar-refractivity contribution is 5.95. The van der Waals surface area contributed by atoms with E-state index in [1.54, 1.807) is 0 Å². The predicted molar refractivity (Wildman–Crippen MR) is 110 cm³/mol. The fourth-order valence-corrected chi connectivity index (χ4v) is 3.63. The highest BCUT2D eigenvalue weighted by Gasteiger charge is 2.28. The smallest absolute Gasteiger partial charge is 0.244 e. The van der Waals surface area contributed by atoms with Crippen LogP contribution in [0, 0.1) is 5.92 Å². The van der Waals surface area contributed by atoms with E-state index in [0.717, 1.165) is 24.7 Å². The zero-order valence-electron chi connectivity index (χ0n) is 15.6. The number of ether oxygens (including phenoxy) is 1. The van der Waals surface area contributed by atoms with Crippen molar-refractivity contribution in [1.29, 1.82) is 0 Å². The molecule has 0 saturated carbocycles. The molecule has 0 bridgehead atoms. The molecule has 1 unspecified atom stereocenters. The van der Waals surface area contributed by atoms with Crippen molar-refractivity contribution in [2.24, 2.45) is 5.92 Å². The lowest BCUT2D eigenvalue weighted by molar-refractivity contribution is -0.123. The monoisotopic (exact) mass is 403 g/mol. The number of morpholine rings is 1. The molecular weight excluding hydrogens is 373 g/mol. The number of hydrogen-bond acceptors (Lipinski definition) is 4. The summed E-state index contributed by atoms with van der Waals surface area (Å²) in [5.41, 5.74) is 2.14. The first kappa shape index (κ1) is 23.2. The molecule has 7 heteroatoms. The summed E-state index contributed by atoms with van der Waals surface area (Å²) in [6, 6.07) is 7.93. The van der Waals surface area contributed by atoms with Crippen LogP contribution in [-0.4, -0.2) is 49.2 Å². The maximum absolute atomic E-state index is 12.4. The van der Waals surface area contributed by atoms with Gasteiger partial charge in [0.25, 0.3) is 0 Å². The number of nitrogens with zero attached hydrogens (tertiary/aromatic N) is 1. The van der Waals surface area contributed by atoms with Crippen LogP contribution < -0.4 is 10.6 Å². The van der Waals surface area contributed by atoms with Crippen molar-refractivity contribution in [2.75, 3.05) is 31.6 Å². The van der Waals surface area contributed by atoms with Crippen molar-refractivity contribution in [3.8, 4) is 0 Å². The van der Waals surface area contributed by atoms with E-state index in [0.29, 0.717) is 6.61 Å². The van der Waals surface area contributed by atoms with Gasteiger partial charge in [0, 0.05) is 25.3 Å². The number of rotatable bonds is 4. The maximum Gasteiger partial charge on any atom is 0.244 e. The van der Waals surface area contributed by atoms with Gasteiger partial charge in [-0.15, -0.1) is 24.8 Å². The van der Waals surface area contributed by atoms with E-state index in [9.17, 15) is 4.79 Å². The van der Waals surface area contributed by atoms with Crippen molar-refractivity contribution < 1.29 is 9.53 Å². The van der Waals surface area contributed by atoms with Crippen molar-refractivity contribution in [3.63, 3.8) is 0 Å². The molecule has 0 aromatic heterocycles. The first-order valence-electron chi connectivity index (χ1n) is 9.09. The Balaban J connectivity index is 0.00000169. The van der Waals surface area contributed by atoms with Gasteiger partial charge in [0.05, 0.1) is 12.7 Å². The number of benzene rings is 1. The van der Waals surface area contributed by atoms with E-state index >= 15 is 0 Å². The van der Waals surface area contributed by atoms with Gasteiger partial charge in [0.1, 0.15) is 6.04 Å². The average Bonchev–Trinajstić information content (AvgIpc) is 2.57. The maximum atomic E-state index is 12.4. The Bertz CT molecular complexity index is 556. The van der Waals surface area contributed by atoms with Crippen LogP contribution in [0.4, 0.5) is 5.69 Å². The molecular formula is C19H31Cl2N3O2. The SMILES string of the molecule is CC1CCCN(Cc2ccc(NC(=O)[C@H]3NCCO[C@@H]3C)cc2)C1.Cl.Cl. The first-order chi connectivity index (χ1) is 11.6. The Kier molecular flexibility index (Phi) is 9.90. The lowest BCUT2D eigenvalue weighted by atomic mass is 10.00. The number of carbonyl (C=O) groups is 1. The number of carbonyl (C=O) groups excluding carboxylic acids is 1. The Morgan fingerprint density at radius 3 is 2.65 bits per heavy atom. The minimum absolute atomic E-state index is 0. The fraction of sp³-hybridized carbons (Fsp3) is 0.632. The van der Waals surface area contributed by atoms with Crippen LogP contribution in [0.25, 0.3) is 0 Å². The number of halogens is 2. The van der Waals surface area contributed by atoms with Crippen molar-refractivity contribution in [3.05, 3.63) is 29.8 Å². The summed E-state index contributed by atoms with van der Waals surface area (Å²) >= 11 is 0. The Morgan fingerprint density at radius 1 is 1.27 bits per heavy atom. The summed E-state index contributed by atoms with van der Waals surface area (Å²) in [6.45, 7) is 9.00. The molecule has 26 heavy (non-hydrogen) atoms. The highest BCUT2D eigenvalue weighted by atomic mass is 35.5. The minimum atomic E-state index is -0.284. The van der Waals surface area contributed by atoms with E-state index in [-0.39, 0.29) is 42.9 Å². The molecule has 148 valence electrons. The molecule has 2 heterocycles. The van der Waals surface area contributed by atoms with Crippen LogP contribution in [0.15, 0.2) is 24.3 Å². The number of piperidine rings is 1. The largest absolute Gasteiger partial charge is 0.375 e. The molecule has 1 aromatic rings. The second-order valence-electron chi connectivity index (χ2n) is 7.18. The summed E-state index contributed by atoms with van der Waals surface area (Å²) in [7, 11) is 0. The van der Waals surface area contributed by atoms with Gasteiger partial charge in [-0.05, 0) is 49.9 Å². The van der Waals surface area contributed by atoms with Gasteiger partial charge in [0.15, 0.2) is 0 Å². The summed E-state index contributed by atoms with van der Waals surface area (Å²) in [6.07, 6.45) is 2.54. The second-order valence-corrected chi connectivity index (χ2v) is 7.18. The van der Waals surface area contributed by atoms with Gasteiger partial charge in [-0.2, -0.15) is 0 Å². The number of nitrogens with one attached hydrogen (secondary N) is 2. The fourth-order valence-electron chi connectivity index (χ4n) is 3.63. The number of hydrogen-bond donors (Lipinski definition) is 2. The molecule has 1 aromatic carbocycles. The lowest BCUT2D eigenvalue weighted by Gasteiger charge is -2.31. The summed E-state index contributed by atoms with van der Waals surface area (Å²) < 4.78 is 5.53. The predicted octanol–water partition coefficient (Wildman–Crippen LogP) is 3.08. The molecule has 2 N–H and O–H groups in total. The third-order valence-corrected chi connectivity index (χ3v) is 4.97. The Hall–Kier alpha value is -0.850. The molecule has 3 rings (SSSR count). The van der Waals surface area contributed by atoms with Gasteiger partial charge < -0.3 is 15.4 Å². The van der Waals surface area contributed by atoms with Gasteiger partial charge in [-0.25, -0.2) is 0 Å². The van der Waals surface area contributed by atoms with Crippen LogP contribution in [0.1, 0.15) is 32.3 Å². The van der Waals surface area contributed by atoms with Gasteiger partial charge in [-0.3, -0.25) is 9.69 Å². The number of anilines is 1. The zero-order chi connectivity index (χ0) is 16.9. The molecule has 2 aliphatic rings. The van der Waals surface area contributed by atoms with Crippen molar-refractivity contribution in [2.45, 2.75) is 45.4 Å². The molecule has 0 spiro atoms. The molecule has 2 saturated heterocycles. The van der Waals surface area contributed by atoms with E-state index in [4.69, 9.17) is 4.74 Å². The van der Waals surface area contributed by atoms with E-state index < -0.39 is 0 Å². The molecule has 2 fully saturated rings. The lowest BCUT2D eigenvalue weighted by Crippen LogP contribution is -2.53. The van der Waals surface area contributed by atoms with Gasteiger partial charge >= 0.3 is 0 Å². The van der Waals surface area contributed by atoms with Crippen LogP contribution in [-0.2, 0) is 16.1 Å². The minimum Gasteiger partial charge on any atom is -0.375 e. The van der Waals surface area contributed by atoms with Crippen LogP contribution in [0.3, 0.4) is 0 Å². The van der Waals surface area contributed by atoms with Crippen LogP contribution in [0.5, 0.6) is 0 Å². The first-order valence-corrected chi connectivity index (χ1v) is 9.09. The standard InChI is InChI=1S/C19H29N3O2.2ClH/c1-14-4-3-10-22(12-14)13-16-5-7-17(8-6-16)21-19(23)18-15(2)24-11-9-20-18;;/h5-8,14-15,18,20H,3-4,9-13H2,1-2H3,(H,21,23);2*1H/t14?,15-,18+;;/m1../s1. The Labute approximate surface area is 169 Å². The number of likely N-dealkylation sites (tertiary alicyclic amines) is 1. The second kappa shape index (κ2) is 11.1. The van der Waals surface area contributed by atoms with E-state index in [1.807, 2.05) is 19.1 Å². The molecule has 2 aliphatic heterocycles. The summed E-state index contributed by atoms with van der Waals surface area (Å²) in [5.74, 6) is 0.768. The third kappa shape index (κ3) is 6.39. The molecule has 0 radical (unpaired) electrons. The van der Waals surface area contributed by atoms with Gasteiger partial charge in [0.2, 0.25) is 5.91 Å². The van der Waals surface area contributed by atoms with E-state index in [1.165, 1.54) is 31.5 Å². The van der Waals surface area contributed by atoms with Crippen LogP contribution >= 0.6 is 24.8 Å². The summed E-state index contributed by atoms with van der Waals surface area (Å²) in [5, 5.41) is 6.20. The Morgan fingerprint density at radius 2 is 2.00 bits per heavy atom. The quantitative estimate of drug-likeness (QED) is 0.810. The third-order valence-electron chi connectivity index (χ3n) is 4.97. The van der Waals surface area contributed by atoms with E-state index in [2.05, 4.69) is 34.6 Å². The number of amides is 1. The van der Waals surface area contributed by atoms with Crippen molar-refractivity contribution in [1.82, 2.24) is 10.2 Å². The highest BCUT2D eigenvalue weighted by Crippen LogP contribution is 2.19. The van der Waals surface area contributed by atoms with Crippen molar-refractivity contribution >= 4 is 36.4 Å². The molecule has 5 nitrogen and oxygen atoms in total. The topological polar surface area (TPSA) is 53.6 Å².